The van der Waals surface area contributed by atoms with Gasteiger partial charge in [-0.05, 0) is 194 Å². The van der Waals surface area contributed by atoms with Crippen molar-refractivity contribution in [1.29, 1.82) is 0 Å². The molecule has 0 N–H and O–H groups in total. The molecule has 6 aromatic carbocycles. The van der Waals surface area contributed by atoms with E-state index in [1.165, 1.54) is 162 Å². The highest BCUT2D eigenvalue weighted by Gasteiger charge is 2.48. The molecule has 0 bridgehead atoms. The van der Waals surface area contributed by atoms with E-state index in [9.17, 15) is 0 Å². The second-order valence-corrected chi connectivity index (χ2v) is 26.4. The predicted octanol–water partition coefficient (Wildman–Crippen LogP) is 16.5. The van der Waals surface area contributed by atoms with Gasteiger partial charge in [0.05, 0.1) is 0 Å². The Labute approximate surface area is 406 Å². The molecule has 0 radical (unpaired) electrons. The largest absolute Gasteiger partial charge is 0.311 e. The monoisotopic (exact) mass is 899 g/mol. The molecule has 0 spiro atoms. The first-order valence-electron chi connectivity index (χ1n) is 25.9. The molecule has 3 heterocycles. The van der Waals surface area contributed by atoms with E-state index in [1.54, 1.807) is 5.56 Å². The Bertz CT molecular complexity index is 3200. The maximum atomic E-state index is 2.79. The average Bonchev–Trinajstić information content (AvgIpc) is 3.67. The number of rotatable bonds is 3. The predicted molar refractivity (Wildman–Crippen MR) is 293 cm³/mol. The molecule has 0 atom stereocenters. The molecule has 0 saturated heterocycles. The Morgan fingerprint density at radius 2 is 1.16 bits per heavy atom. The van der Waals surface area contributed by atoms with Crippen molar-refractivity contribution in [1.82, 2.24) is 0 Å². The lowest BCUT2D eigenvalue weighted by atomic mass is 9.33. The van der Waals surface area contributed by atoms with Crippen molar-refractivity contribution in [2.24, 2.45) is 0 Å². The van der Waals surface area contributed by atoms with Crippen LogP contribution >= 0.6 is 11.3 Å². The quantitative estimate of drug-likeness (QED) is 0.163. The second-order valence-electron chi connectivity index (χ2n) is 25.4. The van der Waals surface area contributed by atoms with Crippen LogP contribution < -0.4 is 26.2 Å². The van der Waals surface area contributed by atoms with Crippen LogP contribution in [0.5, 0.6) is 0 Å². The summed E-state index contributed by atoms with van der Waals surface area (Å²) in [7, 11) is 0. The van der Waals surface area contributed by atoms with E-state index in [-0.39, 0.29) is 33.8 Å². The highest BCUT2D eigenvalue weighted by Crippen LogP contribution is 2.54. The summed E-state index contributed by atoms with van der Waals surface area (Å²) in [5.41, 5.74) is 23.2. The van der Waals surface area contributed by atoms with Crippen molar-refractivity contribution in [3.63, 3.8) is 0 Å². The summed E-state index contributed by atoms with van der Waals surface area (Å²) < 4.78 is 2.81. The van der Waals surface area contributed by atoms with E-state index in [1.807, 2.05) is 11.3 Å². The van der Waals surface area contributed by atoms with E-state index in [0.717, 1.165) is 0 Å². The number of hydrogen-bond acceptors (Lipinski definition) is 3. The van der Waals surface area contributed by atoms with Crippen molar-refractivity contribution >= 4 is 88.7 Å². The van der Waals surface area contributed by atoms with Gasteiger partial charge >= 0.3 is 0 Å². The van der Waals surface area contributed by atoms with E-state index < -0.39 is 0 Å². The van der Waals surface area contributed by atoms with Gasteiger partial charge in [-0.2, -0.15) is 0 Å². The van der Waals surface area contributed by atoms with Gasteiger partial charge in [-0.15, -0.1) is 11.3 Å². The minimum Gasteiger partial charge on any atom is -0.311 e. The number of nitrogens with zero attached hydrogens (tertiary/aromatic N) is 2. The Balaban J connectivity index is 1.24. The fraction of sp³-hybridized carbons (Fsp3) is 0.429. The van der Waals surface area contributed by atoms with Crippen molar-refractivity contribution in [3.05, 3.63) is 136 Å². The van der Waals surface area contributed by atoms with Gasteiger partial charge in [0.1, 0.15) is 0 Å². The second kappa shape index (κ2) is 14.6. The molecular weight excluding hydrogens is 828 g/mol. The van der Waals surface area contributed by atoms with Gasteiger partial charge < -0.3 is 9.80 Å². The van der Waals surface area contributed by atoms with Crippen LogP contribution in [0.1, 0.15) is 179 Å². The molecule has 67 heavy (non-hydrogen) atoms. The number of para-hydroxylation sites is 1. The molecule has 1 aromatic heterocycles. The number of fused-ring (bicyclic) bond motifs is 10. The van der Waals surface area contributed by atoms with Crippen LogP contribution in [0.2, 0.25) is 0 Å². The molecule has 0 amide bonds. The third kappa shape index (κ3) is 6.53. The Morgan fingerprint density at radius 1 is 0.537 bits per heavy atom. The van der Waals surface area contributed by atoms with Crippen molar-refractivity contribution < 1.29 is 0 Å². The van der Waals surface area contributed by atoms with Gasteiger partial charge in [-0.1, -0.05) is 138 Å². The van der Waals surface area contributed by atoms with E-state index in [0.29, 0.717) is 5.92 Å². The van der Waals surface area contributed by atoms with Crippen molar-refractivity contribution in [2.75, 3.05) is 9.80 Å². The zero-order chi connectivity index (χ0) is 46.7. The molecule has 2 aliphatic heterocycles. The summed E-state index contributed by atoms with van der Waals surface area (Å²) in [5, 5.41) is 2.78. The summed E-state index contributed by atoms with van der Waals surface area (Å²) in [4.78, 5) is 5.50. The van der Waals surface area contributed by atoms with Gasteiger partial charge in [-0.25, -0.2) is 0 Å². The van der Waals surface area contributed by atoms with Gasteiger partial charge in [0.2, 0.25) is 0 Å². The maximum absolute atomic E-state index is 2.79. The standard InChI is InChI=1S/C63H71BN2S/c1-38-18-16-17-21-50(38)66-51-26-24-43-44-34-41(59(2,3)4)22-27-55(44)67-58(43)57(51)64-49-36-47-48(63(11,12)31-30-62(47,9)10)37-52(49)65(42-23-25-45-46(35-42)61(7,8)29-28-60(45,5)6)53-32-40(33-54(66)56(53)64)39-19-14-13-15-20-39/h16-18,21-27,32-37,39H,13-15,19-20,28-31H2,1-12H3. The molecule has 1 saturated carbocycles. The molecule has 1 fully saturated rings. The van der Waals surface area contributed by atoms with Gasteiger partial charge in [-0.3, -0.25) is 0 Å². The number of hydrogen-bond donors (Lipinski definition) is 0. The molecule has 12 rings (SSSR count). The topological polar surface area (TPSA) is 6.48 Å². The van der Waals surface area contributed by atoms with Crippen LogP contribution in [0, 0.1) is 6.92 Å². The van der Waals surface area contributed by atoms with Crippen molar-refractivity contribution in [2.45, 2.75) is 174 Å². The van der Waals surface area contributed by atoms with Crippen molar-refractivity contribution in [3.8, 4) is 0 Å². The fourth-order valence-corrected chi connectivity index (χ4v) is 14.9. The fourth-order valence-electron chi connectivity index (χ4n) is 13.6. The first-order chi connectivity index (χ1) is 31.7. The van der Waals surface area contributed by atoms with Crippen LogP contribution in [-0.2, 0) is 27.1 Å². The smallest absolute Gasteiger partial charge is 0.254 e. The zero-order valence-corrected chi connectivity index (χ0v) is 43.4. The Kier molecular flexibility index (Phi) is 9.48. The lowest BCUT2D eigenvalue weighted by Crippen LogP contribution is -2.62. The molecule has 4 heteroatoms. The third-order valence-electron chi connectivity index (χ3n) is 18.1. The number of anilines is 6. The lowest BCUT2D eigenvalue weighted by molar-refractivity contribution is 0.332. The molecule has 0 unspecified atom stereocenters. The average molecular weight is 899 g/mol. The first kappa shape index (κ1) is 43.5. The van der Waals surface area contributed by atoms with E-state index in [2.05, 4.69) is 190 Å². The van der Waals surface area contributed by atoms with Gasteiger partial charge in [0.15, 0.2) is 0 Å². The normalized spacial score (nSPS) is 20.0. The van der Waals surface area contributed by atoms with Crippen LogP contribution in [0.25, 0.3) is 20.2 Å². The highest BCUT2D eigenvalue weighted by atomic mass is 32.1. The summed E-state index contributed by atoms with van der Waals surface area (Å²) in [6.45, 7) is 29.4. The molecule has 5 aliphatic rings. The lowest BCUT2D eigenvalue weighted by Gasteiger charge is -2.48. The minimum atomic E-state index is 0.0601. The van der Waals surface area contributed by atoms with E-state index in [4.69, 9.17) is 0 Å². The first-order valence-corrected chi connectivity index (χ1v) is 26.7. The molecule has 342 valence electrons. The maximum Gasteiger partial charge on any atom is 0.254 e. The van der Waals surface area contributed by atoms with Crippen LogP contribution in [0.3, 0.4) is 0 Å². The molecular formula is C63H71BN2S. The van der Waals surface area contributed by atoms with E-state index >= 15 is 0 Å². The summed E-state index contributed by atoms with van der Waals surface area (Å²) in [6.07, 6.45) is 11.3. The van der Waals surface area contributed by atoms with Crippen LogP contribution in [-0.4, -0.2) is 6.71 Å². The number of aryl methyl sites for hydroxylation is 1. The van der Waals surface area contributed by atoms with Gasteiger partial charge in [0, 0.05) is 48.9 Å². The number of benzene rings is 6. The van der Waals surface area contributed by atoms with Crippen LogP contribution in [0.4, 0.5) is 34.1 Å². The molecule has 2 nitrogen and oxygen atoms in total. The number of thiophene rings is 1. The summed E-state index contributed by atoms with van der Waals surface area (Å²) in [5.74, 6) is 0.547. The summed E-state index contributed by atoms with van der Waals surface area (Å²) >= 11 is 2.02. The third-order valence-corrected chi connectivity index (χ3v) is 19.3. The minimum absolute atomic E-state index is 0.0601. The summed E-state index contributed by atoms with van der Waals surface area (Å²) in [6, 6.07) is 40.0. The van der Waals surface area contributed by atoms with Gasteiger partial charge in [0.25, 0.3) is 6.71 Å². The van der Waals surface area contributed by atoms with Crippen LogP contribution in [0.15, 0.2) is 97.1 Å². The molecule has 7 aromatic rings. The SMILES string of the molecule is Cc1ccccc1N1c2cc(C3CCCCC3)cc3c2B(c2cc4c(cc2N3c2ccc3c(c2)C(C)(C)CCC3(C)C)C(C)(C)CCC4(C)C)c2c1ccc1c2sc2ccc(C(C)(C)C)cc21. The highest BCUT2D eigenvalue weighted by molar-refractivity contribution is 7.28. The zero-order valence-electron chi connectivity index (χ0n) is 42.6. The Morgan fingerprint density at radius 3 is 1.84 bits per heavy atom. The molecule has 3 aliphatic carbocycles. The Hall–Kier alpha value is -4.80.